The van der Waals surface area contributed by atoms with Crippen LogP contribution in [-0.4, -0.2) is 11.2 Å². The molecule has 0 saturated carbocycles. The summed E-state index contributed by atoms with van der Waals surface area (Å²) in [4.78, 5) is 0. The maximum Gasteiger partial charge on any atom is 0.0795 e. The van der Waals surface area contributed by atoms with Crippen molar-refractivity contribution < 1.29 is 5.11 Å². The van der Waals surface area contributed by atoms with Crippen molar-refractivity contribution in [1.82, 2.24) is 0 Å². The molecule has 16 heavy (non-hydrogen) atoms. The van der Waals surface area contributed by atoms with E-state index in [-0.39, 0.29) is 6.10 Å². The molecule has 1 nitrogen and oxygen atoms in total. The first-order valence-electron chi connectivity index (χ1n) is 6.55. The fourth-order valence-corrected chi connectivity index (χ4v) is 3.48. The molecule has 0 aliphatic heterocycles. The highest BCUT2D eigenvalue weighted by Gasteiger charge is 2.36. The van der Waals surface area contributed by atoms with Gasteiger partial charge in [0.2, 0.25) is 0 Å². The summed E-state index contributed by atoms with van der Waals surface area (Å²) in [6.07, 6.45) is 5.51. The van der Waals surface area contributed by atoms with E-state index in [1.165, 1.54) is 29.6 Å². The molecule has 0 saturated heterocycles. The van der Waals surface area contributed by atoms with Crippen LogP contribution in [0.3, 0.4) is 0 Å². The lowest BCUT2D eigenvalue weighted by Gasteiger charge is -2.40. The van der Waals surface area contributed by atoms with Gasteiger partial charge < -0.3 is 5.11 Å². The van der Waals surface area contributed by atoms with Gasteiger partial charge in [0.1, 0.15) is 0 Å². The standard InChI is InChI=1S/C15H24O/c1-9(2)12-6-5-11(4)15-13(12)7-10(3)8-14(15)16/h7,9,12-14,16H,5-6,8H2,1-4H3. The number of rotatable bonds is 1. The van der Waals surface area contributed by atoms with Gasteiger partial charge in [-0.15, -0.1) is 0 Å². The summed E-state index contributed by atoms with van der Waals surface area (Å²) in [6, 6.07) is 0. The second-order valence-electron chi connectivity index (χ2n) is 5.94. The molecule has 0 spiro atoms. The minimum absolute atomic E-state index is 0.212. The van der Waals surface area contributed by atoms with Crippen molar-refractivity contribution in [2.75, 3.05) is 0 Å². The Labute approximate surface area is 99.3 Å². The van der Waals surface area contributed by atoms with Crippen molar-refractivity contribution in [2.24, 2.45) is 17.8 Å². The summed E-state index contributed by atoms with van der Waals surface area (Å²) in [5, 5.41) is 10.2. The average molecular weight is 220 g/mol. The quantitative estimate of drug-likeness (QED) is 0.668. The van der Waals surface area contributed by atoms with Crippen molar-refractivity contribution in [3.05, 3.63) is 22.8 Å². The lowest BCUT2D eigenvalue weighted by atomic mass is 9.66. The molecule has 0 fully saturated rings. The first kappa shape index (κ1) is 11.9. The van der Waals surface area contributed by atoms with Gasteiger partial charge in [0.05, 0.1) is 6.10 Å². The molecule has 0 bridgehead atoms. The van der Waals surface area contributed by atoms with Crippen LogP contribution in [0.5, 0.6) is 0 Å². The molecule has 1 N–H and O–H groups in total. The summed E-state index contributed by atoms with van der Waals surface area (Å²) < 4.78 is 0. The molecule has 0 aromatic carbocycles. The molecule has 0 heterocycles. The molecule has 3 unspecified atom stereocenters. The van der Waals surface area contributed by atoms with Crippen LogP contribution >= 0.6 is 0 Å². The Balaban J connectivity index is 2.39. The third-order valence-electron chi connectivity index (χ3n) is 4.36. The topological polar surface area (TPSA) is 20.2 Å². The second kappa shape index (κ2) is 4.37. The molecule has 0 amide bonds. The number of hydrogen-bond donors (Lipinski definition) is 1. The van der Waals surface area contributed by atoms with Crippen molar-refractivity contribution in [3.8, 4) is 0 Å². The molecule has 90 valence electrons. The Kier molecular flexibility index (Phi) is 3.25. The second-order valence-corrected chi connectivity index (χ2v) is 5.94. The zero-order chi connectivity index (χ0) is 11.9. The maximum absolute atomic E-state index is 10.2. The van der Waals surface area contributed by atoms with Crippen molar-refractivity contribution >= 4 is 0 Å². The van der Waals surface area contributed by atoms with E-state index in [4.69, 9.17) is 0 Å². The van der Waals surface area contributed by atoms with Crippen molar-refractivity contribution in [2.45, 2.75) is 53.1 Å². The van der Waals surface area contributed by atoms with E-state index in [9.17, 15) is 5.11 Å². The predicted molar refractivity (Wildman–Crippen MR) is 68.1 cm³/mol. The minimum atomic E-state index is -0.212. The highest BCUT2D eigenvalue weighted by Crippen LogP contribution is 2.44. The van der Waals surface area contributed by atoms with Gasteiger partial charge in [-0.2, -0.15) is 0 Å². The fraction of sp³-hybridized carbons (Fsp3) is 0.733. The molecule has 1 heteroatoms. The Morgan fingerprint density at radius 1 is 1.31 bits per heavy atom. The third kappa shape index (κ3) is 1.98. The van der Waals surface area contributed by atoms with Gasteiger partial charge in [-0.1, -0.05) is 31.1 Å². The summed E-state index contributed by atoms with van der Waals surface area (Å²) in [5.41, 5.74) is 4.15. The van der Waals surface area contributed by atoms with Gasteiger partial charge in [-0.05, 0) is 50.5 Å². The maximum atomic E-state index is 10.2. The number of aliphatic hydroxyl groups excluding tert-OH is 1. The van der Waals surface area contributed by atoms with E-state index in [2.05, 4.69) is 33.8 Å². The largest absolute Gasteiger partial charge is 0.388 e. The van der Waals surface area contributed by atoms with Crippen LogP contribution < -0.4 is 0 Å². The zero-order valence-corrected chi connectivity index (χ0v) is 11.0. The molecule has 0 aromatic heterocycles. The SMILES string of the molecule is CC1=CC2C(=C(C)CCC2C(C)C)C(O)C1. The summed E-state index contributed by atoms with van der Waals surface area (Å²) in [6.45, 7) is 8.98. The highest BCUT2D eigenvalue weighted by atomic mass is 16.3. The van der Waals surface area contributed by atoms with Crippen LogP contribution in [0, 0.1) is 17.8 Å². The smallest absolute Gasteiger partial charge is 0.0795 e. The van der Waals surface area contributed by atoms with E-state index >= 15 is 0 Å². The molecule has 0 radical (unpaired) electrons. The van der Waals surface area contributed by atoms with E-state index < -0.39 is 0 Å². The zero-order valence-electron chi connectivity index (χ0n) is 11.0. The van der Waals surface area contributed by atoms with E-state index in [0.717, 1.165) is 12.3 Å². The molecule has 2 rings (SSSR count). The molecule has 2 aliphatic rings. The molecule has 3 atom stereocenters. The van der Waals surface area contributed by atoms with Gasteiger partial charge in [0.15, 0.2) is 0 Å². The van der Waals surface area contributed by atoms with Crippen LogP contribution in [0.4, 0.5) is 0 Å². The third-order valence-corrected chi connectivity index (χ3v) is 4.36. The summed E-state index contributed by atoms with van der Waals surface area (Å²) >= 11 is 0. The molecule has 2 aliphatic carbocycles. The van der Waals surface area contributed by atoms with Crippen molar-refractivity contribution in [3.63, 3.8) is 0 Å². The lowest BCUT2D eigenvalue weighted by Crippen LogP contribution is -2.33. The van der Waals surface area contributed by atoms with E-state index in [1.54, 1.807) is 0 Å². The average Bonchev–Trinajstić information content (AvgIpc) is 2.15. The van der Waals surface area contributed by atoms with Gasteiger partial charge in [-0.3, -0.25) is 0 Å². The Morgan fingerprint density at radius 2 is 2.00 bits per heavy atom. The van der Waals surface area contributed by atoms with Crippen LogP contribution in [0.15, 0.2) is 22.8 Å². The van der Waals surface area contributed by atoms with Crippen LogP contribution in [0.25, 0.3) is 0 Å². The first-order valence-corrected chi connectivity index (χ1v) is 6.55. The first-order chi connectivity index (χ1) is 7.50. The number of hydrogen-bond acceptors (Lipinski definition) is 1. The Bertz CT molecular complexity index is 335. The van der Waals surface area contributed by atoms with Gasteiger partial charge in [0, 0.05) is 5.92 Å². The molecular formula is C15H24O. The Morgan fingerprint density at radius 3 is 2.62 bits per heavy atom. The Hall–Kier alpha value is -0.560. The van der Waals surface area contributed by atoms with Crippen molar-refractivity contribution in [1.29, 1.82) is 0 Å². The number of fused-ring (bicyclic) bond motifs is 1. The van der Waals surface area contributed by atoms with Crippen LogP contribution in [-0.2, 0) is 0 Å². The number of allylic oxidation sites excluding steroid dienone is 2. The molecule has 0 aromatic rings. The fourth-order valence-electron chi connectivity index (χ4n) is 3.48. The summed E-state index contributed by atoms with van der Waals surface area (Å²) in [7, 11) is 0. The highest BCUT2D eigenvalue weighted by molar-refractivity contribution is 5.33. The monoisotopic (exact) mass is 220 g/mol. The minimum Gasteiger partial charge on any atom is -0.388 e. The van der Waals surface area contributed by atoms with E-state index in [1.807, 2.05) is 0 Å². The van der Waals surface area contributed by atoms with Gasteiger partial charge in [0.25, 0.3) is 0 Å². The van der Waals surface area contributed by atoms with Crippen LogP contribution in [0.1, 0.15) is 47.0 Å². The lowest BCUT2D eigenvalue weighted by molar-refractivity contribution is 0.164. The summed E-state index contributed by atoms with van der Waals surface area (Å²) in [5.74, 6) is 1.95. The van der Waals surface area contributed by atoms with E-state index in [0.29, 0.717) is 11.8 Å². The van der Waals surface area contributed by atoms with Crippen LogP contribution in [0.2, 0.25) is 0 Å². The van der Waals surface area contributed by atoms with Gasteiger partial charge in [-0.25, -0.2) is 0 Å². The number of aliphatic hydroxyl groups is 1. The molecular weight excluding hydrogens is 196 g/mol. The van der Waals surface area contributed by atoms with Gasteiger partial charge >= 0.3 is 0 Å². The normalized spacial score (nSPS) is 35.1. The predicted octanol–water partition coefficient (Wildman–Crippen LogP) is 3.70.